The molecule has 1 aliphatic rings. The van der Waals surface area contributed by atoms with Crippen molar-refractivity contribution in [1.29, 1.82) is 0 Å². The van der Waals surface area contributed by atoms with Crippen LogP contribution < -0.4 is 5.32 Å². The van der Waals surface area contributed by atoms with E-state index in [1.54, 1.807) is 22.1 Å². The maximum atomic E-state index is 12.3. The molecule has 2 aromatic heterocycles. The van der Waals surface area contributed by atoms with Crippen LogP contribution in [0.25, 0.3) is 0 Å². The van der Waals surface area contributed by atoms with Gasteiger partial charge in [-0.3, -0.25) is 4.79 Å². The maximum absolute atomic E-state index is 12.3. The van der Waals surface area contributed by atoms with Gasteiger partial charge in [-0.05, 0) is 19.8 Å². The minimum Gasteiger partial charge on any atom is -0.311 e. The number of sulfone groups is 1. The van der Waals surface area contributed by atoms with Gasteiger partial charge in [0.2, 0.25) is 5.91 Å². The molecule has 0 spiro atoms. The van der Waals surface area contributed by atoms with E-state index in [4.69, 9.17) is 0 Å². The third-order valence-electron chi connectivity index (χ3n) is 3.92. The SMILES string of the molecule is CCc1nc(CC(=O)Nc2cc(C)nn2C2CCS(=O)(=O)C2)cs1. The number of rotatable bonds is 5. The molecule has 1 N–H and O–H groups in total. The third kappa shape index (κ3) is 3.84. The van der Waals surface area contributed by atoms with Gasteiger partial charge in [-0.15, -0.1) is 11.3 Å². The van der Waals surface area contributed by atoms with Crippen molar-refractivity contribution in [2.75, 3.05) is 16.8 Å². The van der Waals surface area contributed by atoms with Gasteiger partial charge in [-0.1, -0.05) is 6.92 Å². The minimum atomic E-state index is -3.01. The summed E-state index contributed by atoms with van der Waals surface area (Å²) >= 11 is 1.55. The van der Waals surface area contributed by atoms with E-state index >= 15 is 0 Å². The molecule has 1 atom stereocenters. The summed E-state index contributed by atoms with van der Waals surface area (Å²) in [6, 6.07) is 1.55. The number of hydrogen-bond donors (Lipinski definition) is 1. The van der Waals surface area contributed by atoms with E-state index in [2.05, 4.69) is 15.4 Å². The largest absolute Gasteiger partial charge is 0.311 e. The summed E-state index contributed by atoms with van der Waals surface area (Å²) in [6.45, 7) is 3.85. The summed E-state index contributed by atoms with van der Waals surface area (Å²) in [5, 5.41) is 10.1. The molecule has 1 saturated heterocycles. The first-order valence-corrected chi connectivity index (χ1v) is 10.6. The maximum Gasteiger partial charge on any atom is 0.231 e. The fraction of sp³-hybridized carbons (Fsp3) is 0.533. The van der Waals surface area contributed by atoms with Crippen molar-refractivity contribution in [2.24, 2.45) is 0 Å². The number of thiazole rings is 1. The van der Waals surface area contributed by atoms with Crippen LogP contribution in [-0.2, 0) is 27.5 Å². The van der Waals surface area contributed by atoms with Crippen molar-refractivity contribution in [1.82, 2.24) is 14.8 Å². The fourth-order valence-electron chi connectivity index (χ4n) is 2.80. The summed E-state index contributed by atoms with van der Waals surface area (Å²) < 4.78 is 25.0. The van der Waals surface area contributed by atoms with E-state index in [9.17, 15) is 13.2 Å². The molecular formula is C15H20N4O3S2. The van der Waals surface area contributed by atoms with Gasteiger partial charge in [0.1, 0.15) is 5.82 Å². The van der Waals surface area contributed by atoms with Gasteiger partial charge in [0.05, 0.1) is 40.4 Å². The second-order valence-electron chi connectivity index (χ2n) is 5.98. The van der Waals surface area contributed by atoms with Crippen molar-refractivity contribution >= 4 is 32.9 Å². The smallest absolute Gasteiger partial charge is 0.231 e. The monoisotopic (exact) mass is 368 g/mol. The summed E-state index contributed by atoms with van der Waals surface area (Å²) in [7, 11) is -3.01. The van der Waals surface area contributed by atoms with Crippen LogP contribution in [0.15, 0.2) is 11.4 Å². The number of nitrogens with one attached hydrogen (secondary N) is 1. The van der Waals surface area contributed by atoms with E-state index in [1.807, 2.05) is 19.2 Å². The Morgan fingerprint density at radius 2 is 2.29 bits per heavy atom. The Hall–Kier alpha value is -1.74. The van der Waals surface area contributed by atoms with E-state index in [0.29, 0.717) is 12.2 Å². The zero-order valence-electron chi connectivity index (χ0n) is 13.7. The topological polar surface area (TPSA) is 93.9 Å². The molecule has 3 rings (SSSR count). The number of aryl methyl sites for hydroxylation is 2. The van der Waals surface area contributed by atoms with Crippen molar-refractivity contribution in [3.63, 3.8) is 0 Å². The molecule has 0 aliphatic carbocycles. The molecule has 1 unspecified atom stereocenters. The lowest BCUT2D eigenvalue weighted by atomic mass is 10.2. The average molecular weight is 368 g/mol. The first-order chi connectivity index (χ1) is 11.4. The molecule has 9 heteroatoms. The van der Waals surface area contributed by atoms with Gasteiger partial charge in [0.25, 0.3) is 0 Å². The zero-order valence-corrected chi connectivity index (χ0v) is 15.3. The highest BCUT2D eigenvalue weighted by molar-refractivity contribution is 7.91. The molecular weight excluding hydrogens is 348 g/mol. The van der Waals surface area contributed by atoms with Gasteiger partial charge < -0.3 is 5.32 Å². The molecule has 2 aromatic rings. The molecule has 0 aromatic carbocycles. The van der Waals surface area contributed by atoms with E-state index < -0.39 is 9.84 Å². The lowest BCUT2D eigenvalue weighted by molar-refractivity contribution is -0.115. The summed E-state index contributed by atoms with van der Waals surface area (Å²) in [5.41, 5.74) is 1.50. The number of aromatic nitrogens is 3. The summed E-state index contributed by atoms with van der Waals surface area (Å²) in [4.78, 5) is 16.7. The molecule has 0 saturated carbocycles. The first kappa shape index (κ1) is 17.1. The van der Waals surface area contributed by atoms with Crippen LogP contribution >= 0.6 is 11.3 Å². The van der Waals surface area contributed by atoms with Crippen LogP contribution in [-0.4, -0.2) is 40.6 Å². The Morgan fingerprint density at radius 3 is 2.92 bits per heavy atom. The first-order valence-electron chi connectivity index (χ1n) is 7.86. The summed E-state index contributed by atoms with van der Waals surface area (Å²) in [6.07, 6.45) is 1.58. The molecule has 1 amide bonds. The normalized spacial score (nSPS) is 19.5. The highest BCUT2D eigenvalue weighted by Gasteiger charge is 2.31. The Labute approximate surface area is 145 Å². The van der Waals surface area contributed by atoms with Gasteiger partial charge in [-0.2, -0.15) is 5.10 Å². The minimum absolute atomic E-state index is 0.0724. The average Bonchev–Trinajstić information content (AvgIpc) is 3.18. The number of amides is 1. The summed E-state index contributed by atoms with van der Waals surface area (Å²) in [5.74, 6) is 0.612. The molecule has 130 valence electrons. The molecule has 3 heterocycles. The van der Waals surface area contributed by atoms with Crippen molar-refractivity contribution in [3.8, 4) is 0 Å². The molecule has 0 bridgehead atoms. The number of anilines is 1. The zero-order chi connectivity index (χ0) is 17.3. The fourth-order valence-corrected chi connectivity index (χ4v) is 5.24. The van der Waals surface area contributed by atoms with Gasteiger partial charge in [0, 0.05) is 11.4 Å². The lowest BCUT2D eigenvalue weighted by Gasteiger charge is -2.13. The van der Waals surface area contributed by atoms with Crippen molar-refractivity contribution in [3.05, 3.63) is 27.8 Å². The third-order valence-corrected chi connectivity index (χ3v) is 6.72. The van der Waals surface area contributed by atoms with Crippen molar-refractivity contribution < 1.29 is 13.2 Å². The molecule has 1 fully saturated rings. The Balaban J connectivity index is 1.72. The van der Waals surface area contributed by atoms with E-state index in [0.717, 1.165) is 22.8 Å². The van der Waals surface area contributed by atoms with E-state index in [1.165, 1.54) is 0 Å². The van der Waals surface area contributed by atoms with Crippen LogP contribution in [0.3, 0.4) is 0 Å². The standard InChI is InChI=1S/C15H20N4O3S2/c1-3-15-16-11(8-23-15)7-14(20)17-13-6-10(2)18-19(13)12-4-5-24(21,22)9-12/h6,8,12H,3-5,7,9H2,1-2H3,(H,17,20). The van der Waals surface area contributed by atoms with Crippen molar-refractivity contribution in [2.45, 2.75) is 39.2 Å². The second kappa shape index (κ2) is 6.64. The highest BCUT2D eigenvalue weighted by Crippen LogP contribution is 2.27. The van der Waals surface area contributed by atoms with Crippen LogP contribution in [0.1, 0.15) is 35.8 Å². The lowest BCUT2D eigenvalue weighted by Crippen LogP contribution is -2.20. The predicted octanol–water partition coefficient (Wildman–Crippen LogP) is 1.75. The number of hydrogen-bond acceptors (Lipinski definition) is 6. The molecule has 7 nitrogen and oxygen atoms in total. The van der Waals surface area contributed by atoms with Gasteiger partial charge in [-0.25, -0.2) is 18.1 Å². The molecule has 0 radical (unpaired) electrons. The van der Waals surface area contributed by atoms with Crippen LogP contribution in [0, 0.1) is 6.92 Å². The van der Waals surface area contributed by atoms with Gasteiger partial charge in [0.15, 0.2) is 9.84 Å². The highest BCUT2D eigenvalue weighted by atomic mass is 32.2. The van der Waals surface area contributed by atoms with Crippen LogP contribution in [0.2, 0.25) is 0 Å². The van der Waals surface area contributed by atoms with Crippen LogP contribution in [0.5, 0.6) is 0 Å². The Bertz CT molecular complexity index is 854. The van der Waals surface area contributed by atoms with E-state index in [-0.39, 0.29) is 29.9 Å². The molecule has 1 aliphatic heterocycles. The Kier molecular flexibility index (Phi) is 4.73. The van der Waals surface area contributed by atoms with Crippen LogP contribution in [0.4, 0.5) is 5.82 Å². The number of carbonyl (C=O) groups is 1. The second-order valence-corrected chi connectivity index (χ2v) is 9.15. The molecule has 24 heavy (non-hydrogen) atoms. The quantitative estimate of drug-likeness (QED) is 0.868. The number of nitrogens with zero attached hydrogens (tertiary/aromatic N) is 3. The van der Waals surface area contributed by atoms with Gasteiger partial charge >= 0.3 is 0 Å². The predicted molar refractivity (Wildman–Crippen MR) is 93.1 cm³/mol. The number of carbonyl (C=O) groups excluding carboxylic acids is 1. The Morgan fingerprint density at radius 1 is 1.50 bits per heavy atom.